The van der Waals surface area contributed by atoms with Gasteiger partial charge in [0, 0.05) is 11.6 Å². The Balaban J connectivity index is 2.17. The number of nitrogens with two attached hydrogens (primary N) is 1. The molecule has 0 atom stereocenters. The van der Waals surface area contributed by atoms with E-state index in [0.29, 0.717) is 17.2 Å². The monoisotopic (exact) mass is 220 g/mol. The van der Waals surface area contributed by atoms with Gasteiger partial charge in [0.05, 0.1) is 11.2 Å². The minimum atomic E-state index is -0.304. The van der Waals surface area contributed by atoms with Gasteiger partial charge in [-0.3, -0.25) is 4.79 Å². The van der Waals surface area contributed by atoms with Crippen LogP contribution in [0, 0.1) is 0 Å². The van der Waals surface area contributed by atoms with E-state index in [1.54, 1.807) is 29.2 Å². The smallest absolute Gasteiger partial charge is 0.276 e. The summed E-state index contributed by atoms with van der Waals surface area (Å²) in [5, 5.41) is 4.24. The van der Waals surface area contributed by atoms with Crippen LogP contribution in [0.25, 0.3) is 0 Å². The SMILES string of the molecule is Nc1cccnc1NC(=O)c1cscn1. The van der Waals surface area contributed by atoms with Gasteiger partial charge in [0.25, 0.3) is 5.91 Å². The maximum absolute atomic E-state index is 11.6. The third kappa shape index (κ3) is 2.10. The summed E-state index contributed by atoms with van der Waals surface area (Å²) < 4.78 is 0. The van der Waals surface area contributed by atoms with Crippen LogP contribution in [0.2, 0.25) is 0 Å². The van der Waals surface area contributed by atoms with Crippen LogP contribution in [-0.2, 0) is 0 Å². The first-order valence-electron chi connectivity index (χ1n) is 4.17. The third-order valence-electron chi connectivity index (χ3n) is 1.74. The molecular formula is C9H8N4OS. The number of nitrogens with zero attached hydrogens (tertiary/aromatic N) is 2. The van der Waals surface area contributed by atoms with Gasteiger partial charge < -0.3 is 11.1 Å². The quantitative estimate of drug-likeness (QED) is 0.801. The van der Waals surface area contributed by atoms with Crippen LogP contribution >= 0.6 is 11.3 Å². The van der Waals surface area contributed by atoms with E-state index in [2.05, 4.69) is 15.3 Å². The van der Waals surface area contributed by atoms with E-state index in [4.69, 9.17) is 5.73 Å². The van der Waals surface area contributed by atoms with Crippen molar-refractivity contribution in [2.45, 2.75) is 0 Å². The normalized spacial score (nSPS) is 9.87. The largest absolute Gasteiger partial charge is 0.396 e. The van der Waals surface area contributed by atoms with Gasteiger partial charge in [-0.25, -0.2) is 9.97 Å². The molecule has 15 heavy (non-hydrogen) atoms. The second-order valence-electron chi connectivity index (χ2n) is 2.77. The first-order chi connectivity index (χ1) is 7.27. The highest BCUT2D eigenvalue weighted by Gasteiger charge is 2.09. The molecule has 76 valence electrons. The molecule has 0 bridgehead atoms. The highest BCUT2D eigenvalue weighted by Crippen LogP contribution is 2.14. The van der Waals surface area contributed by atoms with Gasteiger partial charge in [0.2, 0.25) is 0 Å². The zero-order valence-corrected chi connectivity index (χ0v) is 8.49. The van der Waals surface area contributed by atoms with Crippen LogP contribution in [0.1, 0.15) is 10.5 Å². The molecule has 0 aliphatic rings. The molecule has 0 aliphatic heterocycles. The zero-order valence-electron chi connectivity index (χ0n) is 7.68. The summed E-state index contributed by atoms with van der Waals surface area (Å²) in [7, 11) is 0. The minimum absolute atomic E-state index is 0.304. The van der Waals surface area contributed by atoms with Gasteiger partial charge in [-0.15, -0.1) is 11.3 Å². The maximum Gasteiger partial charge on any atom is 0.276 e. The fourth-order valence-electron chi connectivity index (χ4n) is 1.02. The Labute approximate surface area is 90.0 Å². The van der Waals surface area contributed by atoms with Crippen LogP contribution in [0.4, 0.5) is 11.5 Å². The van der Waals surface area contributed by atoms with Gasteiger partial charge >= 0.3 is 0 Å². The van der Waals surface area contributed by atoms with E-state index in [1.807, 2.05) is 0 Å². The molecule has 2 aromatic rings. The lowest BCUT2D eigenvalue weighted by Crippen LogP contribution is -2.14. The van der Waals surface area contributed by atoms with Gasteiger partial charge in [-0.1, -0.05) is 0 Å². The summed E-state index contributed by atoms with van der Waals surface area (Å²) in [6.07, 6.45) is 1.56. The number of amides is 1. The molecule has 0 aliphatic carbocycles. The van der Waals surface area contributed by atoms with Gasteiger partial charge in [0.1, 0.15) is 5.69 Å². The number of carbonyl (C=O) groups excluding carboxylic acids is 1. The lowest BCUT2D eigenvalue weighted by Gasteiger charge is -2.04. The highest BCUT2D eigenvalue weighted by atomic mass is 32.1. The van der Waals surface area contributed by atoms with E-state index >= 15 is 0 Å². The molecule has 0 saturated carbocycles. The topological polar surface area (TPSA) is 80.9 Å². The zero-order chi connectivity index (χ0) is 10.7. The fraction of sp³-hybridized carbons (Fsp3) is 0. The molecule has 0 radical (unpaired) electrons. The van der Waals surface area contributed by atoms with Crippen LogP contribution in [-0.4, -0.2) is 15.9 Å². The molecule has 5 nitrogen and oxygen atoms in total. The molecule has 0 saturated heterocycles. The summed E-state index contributed by atoms with van der Waals surface area (Å²) in [6, 6.07) is 3.37. The van der Waals surface area contributed by atoms with E-state index in [0.717, 1.165) is 0 Å². The van der Waals surface area contributed by atoms with Crippen molar-refractivity contribution in [1.82, 2.24) is 9.97 Å². The molecule has 0 aromatic carbocycles. The number of pyridine rings is 1. The van der Waals surface area contributed by atoms with E-state index in [-0.39, 0.29) is 5.91 Å². The average molecular weight is 220 g/mol. The summed E-state index contributed by atoms with van der Waals surface area (Å²) in [6.45, 7) is 0. The second-order valence-corrected chi connectivity index (χ2v) is 3.49. The number of aromatic nitrogens is 2. The van der Waals surface area contributed by atoms with Crippen LogP contribution in [0.15, 0.2) is 29.2 Å². The fourth-order valence-corrected chi connectivity index (χ4v) is 1.55. The van der Waals surface area contributed by atoms with Gasteiger partial charge in [-0.2, -0.15) is 0 Å². The van der Waals surface area contributed by atoms with Crippen LogP contribution in [0.5, 0.6) is 0 Å². The number of carbonyl (C=O) groups is 1. The molecule has 0 fully saturated rings. The number of anilines is 2. The number of nitrogens with one attached hydrogen (secondary N) is 1. The Morgan fingerprint density at radius 2 is 2.33 bits per heavy atom. The van der Waals surface area contributed by atoms with Crippen molar-refractivity contribution >= 4 is 28.7 Å². The Morgan fingerprint density at radius 3 is 3.00 bits per heavy atom. The summed E-state index contributed by atoms with van der Waals surface area (Å²) in [5.41, 5.74) is 8.02. The number of nitrogen functional groups attached to an aromatic ring is 1. The molecule has 6 heteroatoms. The standard InChI is InChI=1S/C9H8N4OS/c10-6-2-1-3-11-8(6)13-9(14)7-4-15-5-12-7/h1-5H,10H2,(H,11,13,14). The van der Waals surface area contributed by atoms with Gasteiger partial charge in [-0.05, 0) is 12.1 Å². The van der Waals surface area contributed by atoms with Gasteiger partial charge in [0.15, 0.2) is 5.82 Å². The molecule has 1 amide bonds. The van der Waals surface area contributed by atoms with E-state index in [9.17, 15) is 4.79 Å². The van der Waals surface area contributed by atoms with Crippen molar-refractivity contribution in [1.29, 1.82) is 0 Å². The van der Waals surface area contributed by atoms with Crippen molar-refractivity contribution in [3.8, 4) is 0 Å². The Kier molecular flexibility index (Phi) is 2.59. The van der Waals surface area contributed by atoms with Crippen molar-refractivity contribution in [3.63, 3.8) is 0 Å². The molecule has 2 heterocycles. The van der Waals surface area contributed by atoms with Crippen LogP contribution in [0.3, 0.4) is 0 Å². The molecular weight excluding hydrogens is 212 g/mol. The molecule has 0 spiro atoms. The Hall–Kier alpha value is -1.95. The highest BCUT2D eigenvalue weighted by molar-refractivity contribution is 7.07. The van der Waals surface area contributed by atoms with Crippen molar-refractivity contribution in [3.05, 3.63) is 34.9 Å². The summed E-state index contributed by atoms with van der Waals surface area (Å²) >= 11 is 1.36. The first kappa shape index (κ1) is 9.60. The molecule has 3 N–H and O–H groups in total. The van der Waals surface area contributed by atoms with Crippen molar-refractivity contribution in [2.24, 2.45) is 0 Å². The predicted molar refractivity (Wildman–Crippen MR) is 58.7 cm³/mol. The summed E-state index contributed by atoms with van der Waals surface area (Å²) in [4.78, 5) is 19.4. The molecule has 2 aromatic heterocycles. The molecule has 2 rings (SSSR count). The Bertz CT molecular complexity index is 469. The lowest BCUT2D eigenvalue weighted by molar-refractivity contribution is 0.102. The molecule has 0 unspecified atom stereocenters. The lowest BCUT2D eigenvalue weighted by atomic mass is 10.4. The number of hydrogen-bond donors (Lipinski definition) is 2. The Morgan fingerprint density at radius 1 is 1.47 bits per heavy atom. The summed E-state index contributed by atoms with van der Waals surface area (Å²) in [5.74, 6) is 0.0529. The third-order valence-corrected chi connectivity index (χ3v) is 2.32. The van der Waals surface area contributed by atoms with Crippen molar-refractivity contribution in [2.75, 3.05) is 11.1 Å². The first-order valence-corrected chi connectivity index (χ1v) is 5.11. The second kappa shape index (κ2) is 4.05. The number of thiazole rings is 1. The number of rotatable bonds is 2. The minimum Gasteiger partial charge on any atom is -0.396 e. The van der Waals surface area contributed by atoms with E-state index in [1.165, 1.54) is 11.3 Å². The average Bonchev–Trinajstić information content (AvgIpc) is 2.74. The van der Waals surface area contributed by atoms with Crippen molar-refractivity contribution < 1.29 is 4.79 Å². The maximum atomic E-state index is 11.6. The number of hydrogen-bond acceptors (Lipinski definition) is 5. The van der Waals surface area contributed by atoms with Crippen LogP contribution < -0.4 is 11.1 Å². The predicted octanol–water partition coefficient (Wildman–Crippen LogP) is 1.37. The van der Waals surface area contributed by atoms with E-state index < -0.39 is 0 Å².